The first-order valence-electron chi connectivity index (χ1n) is 7.51. The Morgan fingerprint density at radius 3 is 2.94 bits per heavy atom. The normalized spacial score (nSPS) is 28.4. The highest BCUT2D eigenvalue weighted by atomic mass is 32.1. The first-order chi connectivity index (χ1) is 8.79. The second-order valence-electron chi connectivity index (χ2n) is 5.92. The Morgan fingerprint density at radius 1 is 1.33 bits per heavy atom. The Morgan fingerprint density at radius 2 is 2.22 bits per heavy atom. The summed E-state index contributed by atoms with van der Waals surface area (Å²) in [5.74, 6) is 2.79. The van der Waals surface area contributed by atoms with Crippen molar-refractivity contribution < 1.29 is 0 Å². The van der Waals surface area contributed by atoms with Gasteiger partial charge in [-0.15, -0.1) is 0 Å². The van der Waals surface area contributed by atoms with Crippen LogP contribution >= 0.6 is 11.3 Å². The highest BCUT2D eigenvalue weighted by molar-refractivity contribution is 7.07. The van der Waals surface area contributed by atoms with Crippen LogP contribution in [0.4, 0.5) is 0 Å². The number of nitrogens with one attached hydrogen (secondary N) is 1. The minimum absolute atomic E-state index is 0.916. The van der Waals surface area contributed by atoms with E-state index in [0.29, 0.717) is 0 Å². The van der Waals surface area contributed by atoms with Crippen LogP contribution in [0.15, 0.2) is 16.8 Å². The SMILES string of the molecule is CCNCC1CCC(C)CC1CCc1ccsc1. The van der Waals surface area contributed by atoms with Gasteiger partial charge in [0.05, 0.1) is 0 Å². The van der Waals surface area contributed by atoms with Crippen LogP contribution in [0.25, 0.3) is 0 Å². The molecule has 0 amide bonds. The quantitative estimate of drug-likeness (QED) is 0.806. The molecule has 1 N–H and O–H groups in total. The Balaban J connectivity index is 1.84. The van der Waals surface area contributed by atoms with Crippen molar-refractivity contribution in [2.75, 3.05) is 13.1 Å². The molecule has 102 valence electrons. The van der Waals surface area contributed by atoms with Crippen LogP contribution in [0.2, 0.25) is 0 Å². The van der Waals surface area contributed by atoms with Gasteiger partial charge in [-0.2, -0.15) is 11.3 Å². The molecule has 1 fully saturated rings. The maximum absolute atomic E-state index is 3.56. The maximum atomic E-state index is 3.56. The van der Waals surface area contributed by atoms with Gasteiger partial charge in [0.1, 0.15) is 0 Å². The lowest BCUT2D eigenvalue weighted by atomic mass is 9.72. The van der Waals surface area contributed by atoms with E-state index < -0.39 is 0 Å². The highest BCUT2D eigenvalue weighted by Crippen LogP contribution is 2.36. The van der Waals surface area contributed by atoms with Crippen LogP contribution in [0.5, 0.6) is 0 Å². The van der Waals surface area contributed by atoms with Crippen molar-refractivity contribution in [3.8, 4) is 0 Å². The molecule has 1 aliphatic carbocycles. The average molecular weight is 265 g/mol. The summed E-state index contributed by atoms with van der Waals surface area (Å²) >= 11 is 1.83. The van der Waals surface area contributed by atoms with E-state index in [1.54, 1.807) is 5.56 Å². The number of thiophene rings is 1. The molecule has 1 aromatic heterocycles. The van der Waals surface area contributed by atoms with Gasteiger partial charge in [0, 0.05) is 0 Å². The lowest BCUT2D eigenvalue weighted by Crippen LogP contribution is -2.32. The van der Waals surface area contributed by atoms with Gasteiger partial charge in [-0.25, -0.2) is 0 Å². The molecule has 1 nitrogen and oxygen atoms in total. The molecular weight excluding hydrogens is 238 g/mol. The van der Waals surface area contributed by atoms with Gasteiger partial charge < -0.3 is 5.32 Å². The van der Waals surface area contributed by atoms with E-state index in [1.807, 2.05) is 11.3 Å². The van der Waals surface area contributed by atoms with Crippen LogP contribution in [0.3, 0.4) is 0 Å². The van der Waals surface area contributed by atoms with Gasteiger partial charge in [-0.1, -0.05) is 20.3 Å². The molecule has 0 saturated heterocycles. The Bertz CT molecular complexity index is 318. The average Bonchev–Trinajstić information content (AvgIpc) is 2.88. The molecule has 0 bridgehead atoms. The van der Waals surface area contributed by atoms with Crippen LogP contribution in [0, 0.1) is 17.8 Å². The van der Waals surface area contributed by atoms with Crippen LogP contribution in [0.1, 0.15) is 45.1 Å². The number of rotatable bonds is 6. The molecule has 0 radical (unpaired) electrons. The molecule has 1 aliphatic rings. The summed E-state index contributed by atoms with van der Waals surface area (Å²) in [6.45, 7) is 6.99. The van der Waals surface area contributed by atoms with Gasteiger partial charge in [0.25, 0.3) is 0 Å². The van der Waals surface area contributed by atoms with Crippen molar-refractivity contribution >= 4 is 11.3 Å². The molecule has 18 heavy (non-hydrogen) atoms. The van der Waals surface area contributed by atoms with Gasteiger partial charge in [-0.3, -0.25) is 0 Å². The third-order valence-electron chi connectivity index (χ3n) is 4.44. The van der Waals surface area contributed by atoms with Crippen molar-refractivity contribution in [1.29, 1.82) is 0 Å². The van der Waals surface area contributed by atoms with E-state index in [0.717, 1.165) is 24.3 Å². The van der Waals surface area contributed by atoms with E-state index in [2.05, 4.69) is 36.0 Å². The molecule has 0 aliphatic heterocycles. The predicted octanol–water partition coefficient (Wildman–Crippen LogP) is 4.34. The second-order valence-corrected chi connectivity index (χ2v) is 6.70. The smallest absolute Gasteiger partial charge is 0.00180 e. The van der Waals surface area contributed by atoms with E-state index in [4.69, 9.17) is 0 Å². The van der Waals surface area contributed by atoms with Crippen molar-refractivity contribution in [2.24, 2.45) is 17.8 Å². The van der Waals surface area contributed by atoms with E-state index in [1.165, 1.54) is 38.6 Å². The topological polar surface area (TPSA) is 12.0 Å². The number of hydrogen-bond acceptors (Lipinski definition) is 2. The van der Waals surface area contributed by atoms with E-state index >= 15 is 0 Å². The summed E-state index contributed by atoms with van der Waals surface area (Å²) in [4.78, 5) is 0. The van der Waals surface area contributed by atoms with Gasteiger partial charge in [0.15, 0.2) is 0 Å². The molecular formula is C16H27NS. The zero-order chi connectivity index (χ0) is 12.8. The van der Waals surface area contributed by atoms with Crippen LogP contribution in [-0.2, 0) is 6.42 Å². The fourth-order valence-corrected chi connectivity index (χ4v) is 4.00. The monoisotopic (exact) mass is 265 g/mol. The summed E-state index contributed by atoms with van der Waals surface area (Å²) < 4.78 is 0. The fraction of sp³-hybridized carbons (Fsp3) is 0.750. The highest BCUT2D eigenvalue weighted by Gasteiger charge is 2.27. The minimum atomic E-state index is 0.916. The summed E-state index contributed by atoms with van der Waals surface area (Å²) in [6, 6.07) is 2.29. The minimum Gasteiger partial charge on any atom is -0.317 e. The summed E-state index contributed by atoms with van der Waals surface area (Å²) in [7, 11) is 0. The molecule has 1 saturated carbocycles. The van der Waals surface area contributed by atoms with Gasteiger partial charge in [-0.05, 0) is 78.9 Å². The standard InChI is InChI=1S/C16H27NS/c1-3-17-11-16-6-4-13(2)10-15(16)7-5-14-8-9-18-12-14/h8-9,12-13,15-17H,3-7,10-11H2,1-2H3. The summed E-state index contributed by atoms with van der Waals surface area (Å²) in [6.07, 6.45) is 6.98. The molecule has 2 rings (SSSR count). The Kier molecular flexibility index (Phi) is 5.71. The maximum Gasteiger partial charge on any atom is -0.00180 e. The molecule has 3 unspecified atom stereocenters. The van der Waals surface area contributed by atoms with E-state index in [-0.39, 0.29) is 0 Å². The van der Waals surface area contributed by atoms with Gasteiger partial charge >= 0.3 is 0 Å². The van der Waals surface area contributed by atoms with Crippen LogP contribution < -0.4 is 5.32 Å². The zero-order valence-electron chi connectivity index (χ0n) is 11.8. The number of aryl methyl sites for hydroxylation is 1. The van der Waals surface area contributed by atoms with Crippen molar-refractivity contribution in [3.05, 3.63) is 22.4 Å². The Labute approximate surface area is 116 Å². The molecule has 1 heterocycles. The molecule has 0 aromatic carbocycles. The predicted molar refractivity (Wildman–Crippen MR) is 81.2 cm³/mol. The molecule has 0 spiro atoms. The first kappa shape index (κ1) is 14.1. The van der Waals surface area contributed by atoms with E-state index in [9.17, 15) is 0 Å². The summed E-state index contributed by atoms with van der Waals surface area (Å²) in [5, 5.41) is 8.07. The van der Waals surface area contributed by atoms with Crippen molar-refractivity contribution in [2.45, 2.75) is 46.0 Å². The fourth-order valence-electron chi connectivity index (χ4n) is 3.30. The third kappa shape index (κ3) is 4.10. The van der Waals surface area contributed by atoms with Gasteiger partial charge in [0.2, 0.25) is 0 Å². The van der Waals surface area contributed by atoms with Crippen LogP contribution in [-0.4, -0.2) is 13.1 Å². The summed E-state index contributed by atoms with van der Waals surface area (Å²) in [5.41, 5.74) is 1.54. The second kappa shape index (κ2) is 7.30. The largest absolute Gasteiger partial charge is 0.317 e. The number of hydrogen-bond donors (Lipinski definition) is 1. The van der Waals surface area contributed by atoms with Crippen molar-refractivity contribution in [1.82, 2.24) is 5.32 Å². The first-order valence-corrected chi connectivity index (χ1v) is 8.45. The third-order valence-corrected chi connectivity index (χ3v) is 5.17. The molecule has 3 atom stereocenters. The van der Waals surface area contributed by atoms with Crippen molar-refractivity contribution in [3.63, 3.8) is 0 Å². The Hall–Kier alpha value is -0.340. The molecule has 1 aromatic rings. The zero-order valence-corrected chi connectivity index (χ0v) is 12.6. The molecule has 2 heteroatoms. The lowest BCUT2D eigenvalue weighted by Gasteiger charge is -2.35. The lowest BCUT2D eigenvalue weighted by molar-refractivity contribution is 0.176.